The quantitative estimate of drug-likeness (QED) is 0.0262. The first-order valence-corrected chi connectivity index (χ1v) is 28.6. The third-order valence-corrected chi connectivity index (χ3v) is 12.1. The third-order valence-electron chi connectivity index (χ3n) is 12.1. The van der Waals surface area contributed by atoms with Crippen LogP contribution in [0, 0.1) is 0 Å². The summed E-state index contributed by atoms with van der Waals surface area (Å²) in [6, 6.07) is 0. The molecule has 0 aliphatic heterocycles. The number of hydrogen-bond donors (Lipinski definition) is 0. The third kappa shape index (κ3) is 53.5. The standard InChI is InChI=1S/C62H106O6/c1-4-7-10-13-16-19-22-25-28-30-31-32-35-37-40-43-46-49-52-55-61(64)67-58-59(57-66-60(63)54-51-48-45-42-39-36-33-27-24-21-18-15-12-9-6-3)68-62(65)56-53-50-47-44-41-38-34-29-26-23-20-17-14-11-8-5-2/h9,12,16,18-19,21,25,27-28,31-33,39,42,59H,4-8,10-11,13-15,17,20,22-24,26,29-30,34-38,40-41,43-58H2,1-3H3/b12-9-,19-16-,21-18-,28-25-,32-31-,33-27-,42-39-. The molecule has 1 atom stereocenters. The average molecular weight is 948 g/mol. The van der Waals surface area contributed by atoms with Gasteiger partial charge < -0.3 is 14.2 Å². The summed E-state index contributed by atoms with van der Waals surface area (Å²) in [5.41, 5.74) is 0. The van der Waals surface area contributed by atoms with E-state index < -0.39 is 6.10 Å². The molecule has 0 aromatic carbocycles. The van der Waals surface area contributed by atoms with E-state index in [1.54, 1.807) is 0 Å². The van der Waals surface area contributed by atoms with Crippen molar-refractivity contribution in [2.75, 3.05) is 13.2 Å². The Morgan fingerprint density at radius 3 is 0.956 bits per heavy atom. The molecule has 0 spiro atoms. The molecule has 0 saturated carbocycles. The molecule has 6 heteroatoms. The van der Waals surface area contributed by atoms with E-state index in [9.17, 15) is 14.4 Å². The van der Waals surface area contributed by atoms with Gasteiger partial charge in [0.2, 0.25) is 0 Å². The van der Waals surface area contributed by atoms with Crippen LogP contribution in [0.5, 0.6) is 0 Å². The van der Waals surface area contributed by atoms with Crippen LogP contribution in [0.15, 0.2) is 85.1 Å². The van der Waals surface area contributed by atoms with Crippen molar-refractivity contribution in [1.82, 2.24) is 0 Å². The average Bonchev–Trinajstić information content (AvgIpc) is 3.34. The first-order chi connectivity index (χ1) is 33.5. The SMILES string of the molecule is CC/C=C\C/C=C\C/C=C\C/C=C\CCCCC(=O)OCC(COC(=O)CCCCCCCC/C=C\C/C=C\C/C=C\CCCCC)OC(=O)CCCCCCCCCCCCCCCCCC. The smallest absolute Gasteiger partial charge is 0.306 e. The summed E-state index contributed by atoms with van der Waals surface area (Å²) in [6.07, 6.45) is 72.8. The molecule has 0 bridgehead atoms. The second-order valence-corrected chi connectivity index (χ2v) is 18.8. The topological polar surface area (TPSA) is 78.9 Å². The van der Waals surface area contributed by atoms with E-state index in [-0.39, 0.29) is 31.1 Å². The van der Waals surface area contributed by atoms with Crippen LogP contribution >= 0.6 is 0 Å². The van der Waals surface area contributed by atoms with E-state index in [2.05, 4.69) is 106 Å². The number of ether oxygens (including phenoxy) is 3. The zero-order valence-electron chi connectivity index (χ0n) is 44.6. The Hall–Kier alpha value is -3.41. The lowest BCUT2D eigenvalue weighted by Crippen LogP contribution is -2.30. The van der Waals surface area contributed by atoms with Gasteiger partial charge in [-0.25, -0.2) is 0 Å². The summed E-state index contributed by atoms with van der Waals surface area (Å²) in [7, 11) is 0. The summed E-state index contributed by atoms with van der Waals surface area (Å²) in [6.45, 7) is 6.47. The van der Waals surface area contributed by atoms with Gasteiger partial charge >= 0.3 is 17.9 Å². The molecule has 0 N–H and O–H groups in total. The minimum atomic E-state index is -0.798. The van der Waals surface area contributed by atoms with E-state index >= 15 is 0 Å². The normalized spacial score (nSPS) is 12.7. The van der Waals surface area contributed by atoms with E-state index in [4.69, 9.17) is 14.2 Å². The number of unbranched alkanes of at least 4 members (excludes halogenated alkanes) is 26. The number of carbonyl (C=O) groups excluding carboxylic acids is 3. The zero-order chi connectivity index (χ0) is 49.3. The van der Waals surface area contributed by atoms with Crippen LogP contribution in [0.2, 0.25) is 0 Å². The Balaban J connectivity index is 4.45. The van der Waals surface area contributed by atoms with Crippen molar-refractivity contribution < 1.29 is 28.6 Å². The predicted octanol–water partition coefficient (Wildman–Crippen LogP) is 19.2. The monoisotopic (exact) mass is 947 g/mol. The number of carbonyl (C=O) groups is 3. The molecule has 0 aromatic heterocycles. The molecule has 0 amide bonds. The van der Waals surface area contributed by atoms with Crippen LogP contribution in [0.1, 0.15) is 271 Å². The van der Waals surface area contributed by atoms with Crippen molar-refractivity contribution in [2.45, 2.75) is 277 Å². The highest BCUT2D eigenvalue weighted by Gasteiger charge is 2.19. The Morgan fingerprint density at radius 1 is 0.309 bits per heavy atom. The number of hydrogen-bond acceptors (Lipinski definition) is 6. The van der Waals surface area contributed by atoms with Crippen molar-refractivity contribution >= 4 is 17.9 Å². The van der Waals surface area contributed by atoms with Gasteiger partial charge in [0, 0.05) is 19.3 Å². The summed E-state index contributed by atoms with van der Waals surface area (Å²) in [4.78, 5) is 38.1. The van der Waals surface area contributed by atoms with E-state index in [1.165, 1.54) is 128 Å². The molecule has 0 heterocycles. The first-order valence-electron chi connectivity index (χ1n) is 28.6. The Morgan fingerprint density at radius 2 is 0.574 bits per heavy atom. The minimum Gasteiger partial charge on any atom is -0.462 e. The van der Waals surface area contributed by atoms with Crippen molar-refractivity contribution in [1.29, 1.82) is 0 Å². The van der Waals surface area contributed by atoms with Gasteiger partial charge in [-0.1, -0.05) is 241 Å². The van der Waals surface area contributed by atoms with Crippen molar-refractivity contribution in [2.24, 2.45) is 0 Å². The number of rotatable bonds is 51. The van der Waals surface area contributed by atoms with E-state index in [0.717, 1.165) is 103 Å². The maximum absolute atomic E-state index is 12.9. The molecule has 390 valence electrons. The predicted molar refractivity (Wildman–Crippen MR) is 293 cm³/mol. The molecular formula is C62H106O6. The molecule has 0 aliphatic rings. The maximum Gasteiger partial charge on any atom is 0.306 e. The zero-order valence-corrected chi connectivity index (χ0v) is 44.6. The lowest BCUT2D eigenvalue weighted by atomic mass is 10.0. The fourth-order valence-corrected chi connectivity index (χ4v) is 7.85. The molecule has 0 fully saturated rings. The van der Waals surface area contributed by atoms with Gasteiger partial charge in [-0.15, -0.1) is 0 Å². The van der Waals surface area contributed by atoms with Crippen molar-refractivity contribution in [3.8, 4) is 0 Å². The molecular weight excluding hydrogens is 841 g/mol. The molecule has 0 radical (unpaired) electrons. The highest BCUT2D eigenvalue weighted by molar-refractivity contribution is 5.71. The number of allylic oxidation sites excluding steroid dienone is 14. The summed E-state index contributed by atoms with van der Waals surface area (Å²) >= 11 is 0. The van der Waals surface area contributed by atoms with Gasteiger partial charge in [-0.2, -0.15) is 0 Å². The van der Waals surface area contributed by atoms with Crippen LogP contribution in [-0.4, -0.2) is 37.2 Å². The Kier molecular flexibility index (Phi) is 53.4. The van der Waals surface area contributed by atoms with Crippen LogP contribution in [0.4, 0.5) is 0 Å². The van der Waals surface area contributed by atoms with Crippen LogP contribution in [0.25, 0.3) is 0 Å². The van der Waals surface area contributed by atoms with Gasteiger partial charge in [0.1, 0.15) is 13.2 Å². The van der Waals surface area contributed by atoms with Crippen LogP contribution in [0.3, 0.4) is 0 Å². The first kappa shape index (κ1) is 64.6. The van der Waals surface area contributed by atoms with E-state index in [0.29, 0.717) is 19.3 Å². The molecule has 68 heavy (non-hydrogen) atoms. The molecule has 0 rings (SSSR count). The fraction of sp³-hybridized carbons (Fsp3) is 0.726. The van der Waals surface area contributed by atoms with Gasteiger partial charge in [-0.05, 0) is 96.3 Å². The van der Waals surface area contributed by atoms with Gasteiger partial charge in [0.05, 0.1) is 0 Å². The van der Waals surface area contributed by atoms with Crippen LogP contribution in [-0.2, 0) is 28.6 Å². The molecule has 0 aromatic rings. The summed E-state index contributed by atoms with van der Waals surface area (Å²) in [5.74, 6) is -0.942. The van der Waals surface area contributed by atoms with Gasteiger partial charge in [0.15, 0.2) is 6.10 Å². The van der Waals surface area contributed by atoms with Crippen molar-refractivity contribution in [3.63, 3.8) is 0 Å². The highest BCUT2D eigenvalue weighted by atomic mass is 16.6. The highest BCUT2D eigenvalue weighted by Crippen LogP contribution is 2.16. The number of esters is 3. The second kappa shape index (κ2) is 56.2. The summed E-state index contributed by atoms with van der Waals surface area (Å²) in [5, 5.41) is 0. The molecule has 0 aliphatic carbocycles. The lowest BCUT2D eigenvalue weighted by molar-refractivity contribution is -0.167. The fourth-order valence-electron chi connectivity index (χ4n) is 7.85. The molecule has 0 saturated heterocycles. The van der Waals surface area contributed by atoms with Gasteiger partial charge in [0.25, 0.3) is 0 Å². The lowest BCUT2D eigenvalue weighted by Gasteiger charge is -2.18. The largest absolute Gasteiger partial charge is 0.462 e. The van der Waals surface area contributed by atoms with Gasteiger partial charge in [-0.3, -0.25) is 14.4 Å². The van der Waals surface area contributed by atoms with Crippen molar-refractivity contribution in [3.05, 3.63) is 85.1 Å². The Bertz CT molecular complexity index is 1320. The maximum atomic E-state index is 12.9. The second-order valence-electron chi connectivity index (χ2n) is 18.8. The molecule has 1 unspecified atom stereocenters. The Labute approximate surface area is 420 Å². The van der Waals surface area contributed by atoms with E-state index in [1.807, 2.05) is 0 Å². The minimum absolute atomic E-state index is 0.0951. The van der Waals surface area contributed by atoms with Crippen LogP contribution < -0.4 is 0 Å². The summed E-state index contributed by atoms with van der Waals surface area (Å²) < 4.78 is 16.8. The molecule has 6 nitrogen and oxygen atoms in total.